The van der Waals surface area contributed by atoms with E-state index < -0.39 is 0 Å². The van der Waals surface area contributed by atoms with Crippen LogP contribution >= 0.6 is 0 Å². The summed E-state index contributed by atoms with van der Waals surface area (Å²) in [5, 5.41) is 0. The number of unbranched alkanes of at least 4 members (excludes halogenated alkanes) is 3. The van der Waals surface area contributed by atoms with Gasteiger partial charge in [0.25, 0.3) is 0 Å². The molecule has 0 saturated carbocycles. The molecule has 0 aliphatic rings. The van der Waals surface area contributed by atoms with Crippen LogP contribution in [0.4, 0.5) is 0 Å². The minimum Gasteiger partial charge on any atom is -0.463 e. The van der Waals surface area contributed by atoms with E-state index in [-0.39, 0.29) is 12.1 Å². The average molecular weight is 226 g/mol. The minimum atomic E-state index is -0.0590. The Balaban J connectivity index is 3.37. The summed E-state index contributed by atoms with van der Waals surface area (Å²) in [4.78, 5) is 11.3. The number of carbonyl (C=O) groups is 1. The van der Waals surface area contributed by atoms with Crippen LogP contribution in [0.5, 0.6) is 0 Å². The van der Waals surface area contributed by atoms with Crippen molar-refractivity contribution in [1.82, 2.24) is 0 Å². The van der Waals surface area contributed by atoms with Crippen LogP contribution in [-0.2, 0) is 9.53 Å². The molecular formula is C14H26O2. The van der Waals surface area contributed by atoms with E-state index in [9.17, 15) is 4.79 Å². The molecule has 0 unspecified atom stereocenters. The molecule has 0 heterocycles. The largest absolute Gasteiger partial charge is 0.463 e. The molecule has 0 bridgehead atoms. The lowest BCUT2D eigenvalue weighted by atomic mass is 10.2. The van der Waals surface area contributed by atoms with Crippen LogP contribution in [0.3, 0.4) is 0 Å². The molecule has 0 radical (unpaired) electrons. The maximum absolute atomic E-state index is 11.3. The highest BCUT2D eigenvalue weighted by molar-refractivity contribution is 5.69. The minimum absolute atomic E-state index is 0.0590. The fourth-order valence-corrected chi connectivity index (χ4v) is 1.29. The third-order valence-electron chi connectivity index (χ3n) is 2.55. The van der Waals surface area contributed by atoms with Gasteiger partial charge in [-0.3, -0.25) is 4.79 Å². The maximum Gasteiger partial charge on any atom is 0.306 e. The molecule has 0 aromatic carbocycles. The molecule has 0 aliphatic carbocycles. The Bertz CT molecular complexity index is 197. The SMILES string of the molecule is CCCC/C=C\CCCC(=O)O[C@@H](C)CC. The molecule has 0 aromatic rings. The van der Waals surface area contributed by atoms with E-state index in [1.165, 1.54) is 12.8 Å². The third kappa shape index (κ3) is 9.75. The van der Waals surface area contributed by atoms with Gasteiger partial charge >= 0.3 is 5.97 Å². The van der Waals surface area contributed by atoms with Crippen molar-refractivity contribution in [3.05, 3.63) is 12.2 Å². The van der Waals surface area contributed by atoms with Gasteiger partial charge < -0.3 is 4.74 Å². The molecule has 94 valence electrons. The highest BCUT2D eigenvalue weighted by Gasteiger charge is 2.05. The van der Waals surface area contributed by atoms with Gasteiger partial charge in [0.1, 0.15) is 0 Å². The summed E-state index contributed by atoms with van der Waals surface area (Å²) in [5.74, 6) is -0.0590. The standard InChI is InChI=1S/C14H26O2/c1-4-6-7-8-9-10-11-12-14(15)16-13(3)5-2/h8-9,13H,4-7,10-12H2,1-3H3/b9-8-/t13-/m0/s1. The molecule has 2 heteroatoms. The molecule has 1 atom stereocenters. The smallest absolute Gasteiger partial charge is 0.306 e. The van der Waals surface area contributed by atoms with E-state index in [0.29, 0.717) is 6.42 Å². The summed E-state index contributed by atoms with van der Waals surface area (Å²) >= 11 is 0. The second-order valence-electron chi connectivity index (χ2n) is 4.21. The molecule has 0 rings (SSSR count). The summed E-state index contributed by atoms with van der Waals surface area (Å²) in [6.07, 6.45) is 11.4. The molecule has 16 heavy (non-hydrogen) atoms. The molecule has 0 aliphatic heterocycles. The fourth-order valence-electron chi connectivity index (χ4n) is 1.29. The summed E-state index contributed by atoms with van der Waals surface area (Å²) in [6.45, 7) is 6.15. The van der Waals surface area contributed by atoms with E-state index in [0.717, 1.165) is 25.7 Å². The van der Waals surface area contributed by atoms with Crippen LogP contribution in [0.25, 0.3) is 0 Å². The Morgan fingerprint density at radius 2 is 1.81 bits per heavy atom. The van der Waals surface area contributed by atoms with Crippen molar-refractivity contribution in [2.24, 2.45) is 0 Å². The maximum atomic E-state index is 11.3. The van der Waals surface area contributed by atoms with Crippen molar-refractivity contribution in [2.45, 2.75) is 71.8 Å². The van der Waals surface area contributed by atoms with Crippen molar-refractivity contribution >= 4 is 5.97 Å². The van der Waals surface area contributed by atoms with Gasteiger partial charge in [-0.05, 0) is 32.6 Å². The fraction of sp³-hybridized carbons (Fsp3) is 0.786. The van der Waals surface area contributed by atoms with Crippen LogP contribution in [0.2, 0.25) is 0 Å². The number of carbonyl (C=O) groups excluding carboxylic acids is 1. The number of hydrogen-bond acceptors (Lipinski definition) is 2. The zero-order valence-corrected chi connectivity index (χ0v) is 11.0. The first-order valence-electron chi connectivity index (χ1n) is 6.55. The molecule has 0 fully saturated rings. The Morgan fingerprint density at radius 1 is 1.19 bits per heavy atom. The predicted octanol–water partition coefficient (Wildman–Crippen LogP) is 4.24. The Labute approximate surface area is 100 Å². The van der Waals surface area contributed by atoms with Crippen molar-refractivity contribution in [3.63, 3.8) is 0 Å². The van der Waals surface area contributed by atoms with Crippen LogP contribution in [0.15, 0.2) is 12.2 Å². The van der Waals surface area contributed by atoms with E-state index in [1.807, 2.05) is 13.8 Å². The van der Waals surface area contributed by atoms with Gasteiger partial charge in [-0.15, -0.1) is 0 Å². The molecule has 0 N–H and O–H groups in total. The number of hydrogen-bond donors (Lipinski definition) is 0. The van der Waals surface area contributed by atoms with E-state index in [2.05, 4.69) is 19.1 Å². The first-order valence-corrected chi connectivity index (χ1v) is 6.55. The zero-order chi connectivity index (χ0) is 12.2. The Hall–Kier alpha value is -0.790. The molecule has 0 amide bonds. The monoisotopic (exact) mass is 226 g/mol. The summed E-state index contributed by atoms with van der Waals surface area (Å²) in [6, 6.07) is 0. The first kappa shape index (κ1) is 15.2. The summed E-state index contributed by atoms with van der Waals surface area (Å²) in [7, 11) is 0. The second kappa shape index (κ2) is 10.7. The average Bonchev–Trinajstić information content (AvgIpc) is 2.27. The van der Waals surface area contributed by atoms with E-state index in [1.54, 1.807) is 0 Å². The van der Waals surface area contributed by atoms with E-state index >= 15 is 0 Å². The topological polar surface area (TPSA) is 26.3 Å². The van der Waals surface area contributed by atoms with Crippen molar-refractivity contribution < 1.29 is 9.53 Å². The van der Waals surface area contributed by atoms with Gasteiger partial charge in [-0.2, -0.15) is 0 Å². The number of rotatable bonds is 9. The molecule has 0 saturated heterocycles. The first-order chi connectivity index (χ1) is 7.70. The van der Waals surface area contributed by atoms with Crippen LogP contribution < -0.4 is 0 Å². The lowest BCUT2D eigenvalue weighted by Crippen LogP contribution is -2.13. The molecule has 0 aromatic heterocycles. The van der Waals surface area contributed by atoms with Crippen LogP contribution in [-0.4, -0.2) is 12.1 Å². The number of allylic oxidation sites excluding steroid dienone is 2. The van der Waals surface area contributed by atoms with Gasteiger partial charge in [-0.25, -0.2) is 0 Å². The number of ether oxygens (including phenoxy) is 1. The summed E-state index contributed by atoms with van der Waals surface area (Å²) in [5.41, 5.74) is 0. The normalized spacial score (nSPS) is 12.9. The lowest BCUT2D eigenvalue weighted by molar-refractivity contribution is -0.148. The number of esters is 1. The third-order valence-corrected chi connectivity index (χ3v) is 2.55. The van der Waals surface area contributed by atoms with Gasteiger partial charge in [0.15, 0.2) is 0 Å². The zero-order valence-electron chi connectivity index (χ0n) is 11.0. The van der Waals surface area contributed by atoms with Crippen molar-refractivity contribution in [3.8, 4) is 0 Å². The highest BCUT2D eigenvalue weighted by atomic mass is 16.5. The van der Waals surface area contributed by atoms with Gasteiger partial charge in [0.2, 0.25) is 0 Å². The molecular weight excluding hydrogens is 200 g/mol. The van der Waals surface area contributed by atoms with Crippen LogP contribution in [0, 0.1) is 0 Å². The van der Waals surface area contributed by atoms with Gasteiger partial charge in [-0.1, -0.05) is 38.8 Å². The Morgan fingerprint density at radius 3 is 2.38 bits per heavy atom. The molecule has 0 spiro atoms. The quantitative estimate of drug-likeness (QED) is 0.334. The predicted molar refractivity (Wildman–Crippen MR) is 68.4 cm³/mol. The lowest BCUT2D eigenvalue weighted by Gasteiger charge is -2.09. The molecule has 2 nitrogen and oxygen atoms in total. The second-order valence-corrected chi connectivity index (χ2v) is 4.21. The highest BCUT2D eigenvalue weighted by Crippen LogP contribution is 2.04. The van der Waals surface area contributed by atoms with Crippen LogP contribution in [0.1, 0.15) is 65.7 Å². The van der Waals surface area contributed by atoms with Gasteiger partial charge in [0.05, 0.1) is 6.10 Å². The van der Waals surface area contributed by atoms with Crippen molar-refractivity contribution in [2.75, 3.05) is 0 Å². The summed E-state index contributed by atoms with van der Waals surface area (Å²) < 4.78 is 5.18. The van der Waals surface area contributed by atoms with Gasteiger partial charge in [0, 0.05) is 6.42 Å². The Kier molecular flexibility index (Phi) is 10.2. The van der Waals surface area contributed by atoms with E-state index in [4.69, 9.17) is 4.74 Å². The van der Waals surface area contributed by atoms with Crippen molar-refractivity contribution in [1.29, 1.82) is 0 Å².